The molecule has 2 amide bonds. The number of aryl methyl sites for hydroxylation is 3. The molecule has 0 aromatic heterocycles. The summed E-state index contributed by atoms with van der Waals surface area (Å²) >= 11 is 0. The topological polar surface area (TPSA) is 87.2 Å². The van der Waals surface area contributed by atoms with Gasteiger partial charge in [0.1, 0.15) is 0 Å². The highest BCUT2D eigenvalue weighted by Gasteiger charge is 2.30. The number of rotatable bonds is 5. The standard InChI is InChI=1S/C19H29N3O5S/c1-6-27-19(24)22-9-7-21(8-10-22)17(23)13-20(5)28(25,26)18-15(3)11-14(2)12-16(18)4/h11-12H,6-10,13H2,1-5H3. The summed E-state index contributed by atoms with van der Waals surface area (Å²) in [4.78, 5) is 27.7. The third-order valence-corrected chi connectivity index (χ3v) is 6.90. The van der Waals surface area contributed by atoms with Gasteiger partial charge in [0.05, 0.1) is 18.0 Å². The predicted octanol–water partition coefficient (Wildman–Crippen LogP) is 1.53. The number of hydrogen-bond acceptors (Lipinski definition) is 5. The number of nitrogens with zero attached hydrogens (tertiary/aromatic N) is 3. The van der Waals surface area contributed by atoms with E-state index in [1.165, 1.54) is 7.05 Å². The van der Waals surface area contributed by atoms with Crippen molar-refractivity contribution in [2.45, 2.75) is 32.6 Å². The van der Waals surface area contributed by atoms with E-state index in [0.29, 0.717) is 43.9 Å². The van der Waals surface area contributed by atoms with Crippen molar-refractivity contribution in [1.29, 1.82) is 0 Å². The molecule has 1 heterocycles. The van der Waals surface area contributed by atoms with Gasteiger partial charge in [-0.2, -0.15) is 4.31 Å². The lowest BCUT2D eigenvalue weighted by Gasteiger charge is -2.34. The first-order valence-corrected chi connectivity index (χ1v) is 10.8. The van der Waals surface area contributed by atoms with Crippen molar-refractivity contribution in [3.8, 4) is 0 Å². The second-order valence-electron chi connectivity index (χ2n) is 7.06. The summed E-state index contributed by atoms with van der Waals surface area (Å²) in [7, 11) is -2.36. The van der Waals surface area contributed by atoms with Gasteiger partial charge < -0.3 is 14.5 Å². The summed E-state index contributed by atoms with van der Waals surface area (Å²) in [6.07, 6.45) is -0.389. The summed E-state index contributed by atoms with van der Waals surface area (Å²) < 4.78 is 32.1. The molecule has 28 heavy (non-hydrogen) atoms. The van der Waals surface area contributed by atoms with E-state index in [1.54, 1.807) is 30.6 Å². The molecule has 0 aliphatic carbocycles. The molecule has 0 unspecified atom stereocenters. The molecule has 8 nitrogen and oxygen atoms in total. The van der Waals surface area contributed by atoms with Crippen LogP contribution in [0.1, 0.15) is 23.6 Å². The zero-order valence-electron chi connectivity index (χ0n) is 17.2. The number of hydrogen-bond donors (Lipinski definition) is 0. The highest BCUT2D eigenvalue weighted by atomic mass is 32.2. The Morgan fingerprint density at radius 3 is 2.04 bits per heavy atom. The van der Waals surface area contributed by atoms with E-state index < -0.39 is 10.0 Å². The molecule has 1 aliphatic heterocycles. The van der Waals surface area contributed by atoms with Crippen molar-refractivity contribution in [3.05, 3.63) is 28.8 Å². The van der Waals surface area contributed by atoms with Crippen LogP contribution < -0.4 is 0 Å². The Balaban J connectivity index is 2.04. The molecule has 0 atom stereocenters. The van der Waals surface area contributed by atoms with Crippen LogP contribution in [-0.2, 0) is 19.6 Å². The molecule has 0 spiro atoms. The van der Waals surface area contributed by atoms with Gasteiger partial charge in [-0.15, -0.1) is 0 Å². The Morgan fingerprint density at radius 2 is 1.54 bits per heavy atom. The summed E-state index contributed by atoms with van der Waals surface area (Å²) in [5, 5.41) is 0. The third-order valence-electron chi connectivity index (χ3n) is 4.79. The Morgan fingerprint density at radius 1 is 1.04 bits per heavy atom. The first-order valence-electron chi connectivity index (χ1n) is 9.31. The minimum atomic E-state index is -3.78. The van der Waals surface area contributed by atoms with Gasteiger partial charge in [0.2, 0.25) is 15.9 Å². The number of amides is 2. The SMILES string of the molecule is CCOC(=O)N1CCN(C(=O)CN(C)S(=O)(=O)c2c(C)cc(C)cc2C)CC1. The molecular weight excluding hydrogens is 382 g/mol. The Bertz CT molecular complexity index is 822. The van der Waals surface area contributed by atoms with E-state index in [4.69, 9.17) is 4.74 Å². The molecule has 156 valence electrons. The van der Waals surface area contributed by atoms with Gasteiger partial charge in [-0.3, -0.25) is 4.79 Å². The van der Waals surface area contributed by atoms with Gasteiger partial charge >= 0.3 is 6.09 Å². The molecule has 1 saturated heterocycles. The average Bonchev–Trinajstić information content (AvgIpc) is 2.60. The van der Waals surface area contributed by atoms with Crippen LogP contribution >= 0.6 is 0 Å². The molecule has 0 bridgehead atoms. The summed E-state index contributed by atoms with van der Waals surface area (Å²) in [5.41, 5.74) is 2.33. The molecule has 1 aliphatic rings. The molecular formula is C19H29N3O5S. The lowest BCUT2D eigenvalue weighted by Crippen LogP contribution is -2.52. The van der Waals surface area contributed by atoms with E-state index in [0.717, 1.165) is 9.87 Å². The van der Waals surface area contributed by atoms with E-state index in [-0.39, 0.29) is 23.4 Å². The van der Waals surface area contributed by atoms with Crippen molar-refractivity contribution >= 4 is 22.0 Å². The maximum atomic E-state index is 13.0. The van der Waals surface area contributed by atoms with Gasteiger partial charge in [0, 0.05) is 33.2 Å². The number of ether oxygens (including phenoxy) is 1. The van der Waals surface area contributed by atoms with E-state index in [1.807, 2.05) is 19.1 Å². The molecule has 9 heteroatoms. The fourth-order valence-corrected chi connectivity index (χ4v) is 4.98. The van der Waals surface area contributed by atoms with Crippen molar-refractivity contribution in [1.82, 2.24) is 14.1 Å². The molecule has 2 rings (SSSR count). The first kappa shape index (κ1) is 22.2. The van der Waals surface area contributed by atoms with E-state index >= 15 is 0 Å². The predicted molar refractivity (Wildman–Crippen MR) is 106 cm³/mol. The second-order valence-corrected chi connectivity index (χ2v) is 9.04. The zero-order valence-corrected chi connectivity index (χ0v) is 18.0. The van der Waals surface area contributed by atoms with Gasteiger partial charge in [-0.05, 0) is 38.8 Å². The van der Waals surface area contributed by atoms with Crippen LogP contribution in [0.15, 0.2) is 17.0 Å². The largest absolute Gasteiger partial charge is 0.450 e. The molecule has 1 fully saturated rings. The first-order chi connectivity index (χ1) is 13.1. The fourth-order valence-electron chi connectivity index (χ4n) is 3.46. The molecule has 1 aromatic rings. The fraction of sp³-hybridized carbons (Fsp3) is 0.579. The molecule has 1 aromatic carbocycles. The van der Waals surface area contributed by atoms with Crippen LogP contribution in [0.2, 0.25) is 0 Å². The summed E-state index contributed by atoms with van der Waals surface area (Å²) in [5.74, 6) is -0.281. The smallest absolute Gasteiger partial charge is 0.409 e. The van der Waals surface area contributed by atoms with Crippen LogP contribution in [0, 0.1) is 20.8 Å². The Kier molecular flexibility index (Phi) is 7.06. The summed E-state index contributed by atoms with van der Waals surface area (Å²) in [6, 6.07) is 3.65. The normalized spacial score (nSPS) is 15.1. The highest BCUT2D eigenvalue weighted by Crippen LogP contribution is 2.24. The van der Waals surface area contributed by atoms with Crippen LogP contribution in [0.5, 0.6) is 0 Å². The number of carbonyl (C=O) groups is 2. The van der Waals surface area contributed by atoms with Crippen molar-refractivity contribution < 1.29 is 22.7 Å². The molecule has 0 saturated carbocycles. The third kappa shape index (κ3) is 4.82. The maximum absolute atomic E-state index is 13.0. The Hall–Kier alpha value is -2.13. The maximum Gasteiger partial charge on any atom is 0.409 e. The quantitative estimate of drug-likeness (QED) is 0.733. The minimum absolute atomic E-state index is 0.242. The van der Waals surface area contributed by atoms with Crippen LogP contribution in [0.25, 0.3) is 0 Å². The lowest BCUT2D eigenvalue weighted by molar-refractivity contribution is -0.132. The van der Waals surface area contributed by atoms with E-state index in [2.05, 4.69) is 0 Å². The number of benzene rings is 1. The van der Waals surface area contributed by atoms with Gasteiger partial charge in [0.15, 0.2) is 0 Å². The lowest BCUT2D eigenvalue weighted by atomic mass is 10.1. The van der Waals surface area contributed by atoms with Gasteiger partial charge in [-0.1, -0.05) is 17.7 Å². The minimum Gasteiger partial charge on any atom is -0.450 e. The van der Waals surface area contributed by atoms with E-state index in [9.17, 15) is 18.0 Å². The number of carbonyl (C=O) groups excluding carboxylic acids is 2. The van der Waals surface area contributed by atoms with Crippen molar-refractivity contribution in [3.63, 3.8) is 0 Å². The monoisotopic (exact) mass is 411 g/mol. The van der Waals surface area contributed by atoms with Gasteiger partial charge in [-0.25, -0.2) is 13.2 Å². The molecule has 0 radical (unpaired) electrons. The van der Waals surface area contributed by atoms with Crippen molar-refractivity contribution in [2.24, 2.45) is 0 Å². The number of sulfonamides is 1. The van der Waals surface area contributed by atoms with Crippen molar-refractivity contribution in [2.75, 3.05) is 46.4 Å². The number of likely N-dealkylation sites (N-methyl/N-ethyl adjacent to an activating group) is 1. The van der Waals surface area contributed by atoms with Gasteiger partial charge in [0.25, 0.3) is 0 Å². The zero-order chi connectivity index (χ0) is 21.1. The average molecular weight is 412 g/mol. The van der Waals surface area contributed by atoms with Crippen LogP contribution in [0.3, 0.4) is 0 Å². The second kappa shape index (κ2) is 8.91. The summed E-state index contributed by atoms with van der Waals surface area (Å²) in [6.45, 7) is 8.70. The number of piperazine rings is 1. The highest BCUT2D eigenvalue weighted by molar-refractivity contribution is 7.89. The van der Waals surface area contributed by atoms with Crippen LogP contribution in [-0.4, -0.2) is 80.9 Å². The molecule has 0 N–H and O–H groups in total. The van der Waals surface area contributed by atoms with Crippen LogP contribution in [0.4, 0.5) is 4.79 Å². The Labute approximate surface area is 167 Å².